The minimum Gasteiger partial charge on any atom is -0.480 e. The average Bonchev–Trinajstić information content (AvgIpc) is 3.49. The summed E-state index contributed by atoms with van der Waals surface area (Å²) in [6, 6.07) is -0.407. The summed E-state index contributed by atoms with van der Waals surface area (Å²) in [5.41, 5.74) is -4.11. The van der Waals surface area contributed by atoms with Gasteiger partial charge in [0.15, 0.2) is 0 Å². The van der Waals surface area contributed by atoms with E-state index in [1.165, 1.54) is 28.9 Å². The molecule has 1 aromatic carbocycles. The third-order valence-electron chi connectivity index (χ3n) is 7.95. The number of aromatic nitrogens is 3. The Morgan fingerprint density at radius 2 is 1.79 bits per heavy atom. The van der Waals surface area contributed by atoms with Crippen molar-refractivity contribution >= 4 is 23.2 Å². The molecule has 2 atom stereocenters. The SMILES string of the molecule is Cc1c(C(F)(F)F)cn(C)c(=O)c1-c1ccc(C[C@H](NC(=O)c2c(F)cc(N3CCOC[C@@H]3C(F)(F)F)cc2F)C(=O)O)n2ccnc12. The van der Waals surface area contributed by atoms with Crippen LogP contribution in [0.15, 0.2) is 47.7 Å². The van der Waals surface area contributed by atoms with E-state index in [4.69, 9.17) is 4.74 Å². The molecule has 4 aromatic rings. The van der Waals surface area contributed by atoms with E-state index in [0.717, 1.165) is 18.5 Å². The lowest BCUT2D eigenvalue weighted by Gasteiger charge is -2.38. The lowest BCUT2D eigenvalue weighted by atomic mass is 9.98. The molecule has 0 spiro atoms. The Bertz CT molecular complexity index is 1950. The number of hydrogen-bond donors (Lipinski definition) is 2. The molecule has 48 heavy (non-hydrogen) atoms. The lowest BCUT2D eigenvalue weighted by molar-refractivity contribution is -0.167. The van der Waals surface area contributed by atoms with Crippen LogP contribution in [0.3, 0.4) is 0 Å². The molecule has 1 fully saturated rings. The standard InChI is InChI=1S/C30H25F8N5O5/c1-14-18(29(33,34)35)12-41(2)27(45)23(14)17-4-3-15(43-6-5-39-25(17)43)11-21(28(46)47)40-26(44)24-19(31)9-16(10-20(24)32)42-7-8-48-13-22(42)30(36,37)38/h3-6,9-10,12,21-22H,7-8,11,13H2,1-2H3,(H,40,44)(H,46,47)/t21-,22+/m0/s1. The van der Waals surface area contributed by atoms with Gasteiger partial charge in [-0.2, -0.15) is 26.3 Å². The predicted molar refractivity (Wildman–Crippen MR) is 153 cm³/mol. The second-order valence-corrected chi connectivity index (χ2v) is 11.0. The summed E-state index contributed by atoms with van der Waals surface area (Å²) in [6.45, 7) is -0.154. The van der Waals surface area contributed by atoms with Crippen LogP contribution in [-0.2, 0) is 29.2 Å². The maximum atomic E-state index is 15.1. The minimum absolute atomic E-state index is 0.00104. The number of hydrogen-bond acceptors (Lipinski definition) is 6. The molecule has 2 N–H and O–H groups in total. The Kier molecular flexibility index (Phi) is 8.98. The number of carbonyl (C=O) groups is 2. The third-order valence-corrected chi connectivity index (χ3v) is 7.95. The molecule has 5 rings (SSSR count). The lowest BCUT2D eigenvalue weighted by Crippen LogP contribution is -2.53. The van der Waals surface area contributed by atoms with Crippen LogP contribution < -0.4 is 15.8 Å². The molecule has 10 nitrogen and oxygen atoms in total. The number of carboxylic acids is 1. The number of carboxylic acid groups (broad SMARTS) is 1. The highest BCUT2D eigenvalue weighted by Crippen LogP contribution is 2.36. The summed E-state index contributed by atoms with van der Waals surface area (Å²) in [5.74, 6) is -6.24. The quantitative estimate of drug-likeness (QED) is 0.275. The molecule has 1 saturated heterocycles. The molecular formula is C30H25F8N5O5. The number of halogens is 8. The van der Waals surface area contributed by atoms with Crippen LogP contribution in [0, 0.1) is 18.6 Å². The molecule has 1 aliphatic rings. The van der Waals surface area contributed by atoms with Crippen molar-refractivity contribution in [2.75, 3.05) is 24.7 Å². The van der Waals surface area contributed by atoms with Gasteiger partial charge in [-0.05, 0) is 36.8 Å². The van der Waals surface area contributed by atoms with E-state index in [-0.39, 0.29) is 41.2 Å². The van der Waals surface area contributed by atoms with Gasteiger partial charge in [0.25, 0.3) is 11.5 Å². The van der Waals surface area contributed by atoms with Crippen LogP contribution in [0.25, 0.3) is 16.8 Å². The number of benzene rings is 1. The molecule has 256 valence electrons. The van der Waals surface area contributed by atoms with Gasteiger partial charge in [0, 0.05) is 55.5 Å². The van der Waals surface area contributed by atoms with E-state index in [1.54, 1.807) is 0 Å². The fourth-order valence-electron chi connectivity index (χ4n) is 5.62. The number of nitrogens with one attached hydrogen (secondary N) is 1. The molecule has 0 radical (unpaired) electrons. The van der Waals surface area contributed by atoms with Crippen LogP contribution in [-0.4, -0.2) is 69.0 Å². The van der Waals surface area contributed by atoms with Crippen LogP contribution in [0.5, 0.6) is 0 Å². The third kappa shape index (κ3) is 6.43. The zero-order chi connectivity index (χ0) is 35.3. The fourth-order valence-corrected chi connectivity index (χ4v) is 5.62. The molecular weight excluding hydrogens is 662 g/mol. The van der Waals surface area contributed by atoms with Crippen molar-refractivity contribution in [3.63, 3.8) is 0 Å². The monoisotopic (exact) mass is 687 g/mol. The van der Waals surface area contributed by atoms with Crippen molar-refractivity contribution in [2.45, 2.75) is 37.8 Å². The summed E-state index contributed by atoms with van der Waals surface area (Å²) in [5, 5.41) is 11.9. The first kappa shape index (κ1) is 34.3. The first-order valence-electron chi connectivity index (χ1n) is 14.1. The Morgan fingerprint density at radius 3 is 2.40 bits per heavy atom. The van der Waals surface area contributed by atoms with Crippen LogP contribution >= 0.6 is 0 Å². The number of amides is 1. The zero-order valence-electron chi connectivity index (χ0n) is 24.9. The zero-order valence-corrected chi connectivity index (χ0v) is 24.9. The molecule has 0 aliphatic carbocycles. The first-order valence-corrected chi connectivity index (χ1v) is 14.1. The van der Waals surface area contributed by atoms with Crippen molar-refractivity contribution in [1.29, 1.82) is 0 Å². The van der Waals surface area contributed by atoms with Gasteiger partial charge in [-0.25, -0.2) is 18.6 Å². The number of morpholine rings is 1. The minimum atomic E-state index is -4.79. The van der Waals surface area contributed by atoms with Crippen LogP contribution in [0.4, 0.5) is 40.8 Å². The second-order valence-electron chi connectivity index (χ2n) is 11.0. The van der Waals surface area contributed by atoms with Crippen molar-refractivity contribution in [3.05, 3.63) is 87.2 Å². The van der Waals surface area contributed by atoms with E-state index in [1.807, 2.05) is 5.32 Å². The summed E-state index contributed by atoms with van der Waals surface area (Å²) in [7, 11) is 1.15. The highest BCUT2D eigenvalue weighted by atomic mass is 19.4. The number of carbonyl (C=O) groups excluding carboxylic acids is 1. The molecule has 4 heterocycles. The summed E-state index contributed by atoms with van der Waals surface area (Å²) in [6.07, 6.45) is -6.86. The number of imidazole rings is 1. The summed E-state index contributed by atoms with van der Waals surface area (Å²) in [4.78, 5) is 42.9. The highest BCUT2D eigenvalue weighted by molar-refractivity contribution is 5.97. The molecule has 3 aromatic heterocycles. The maximum absolute atomic E-state index is 15.1. The van der Waals surface area contributed by atoms with Gasteiger partial charge in [0.05, 0.1) is 24.3 Å². The summed E-state index contributed by atoms with van der Waals surface area (Å²) >= 11 is 0. The largest absolute Gasteiger partial charge is 0.480 e. The maximum Gasteiger partial charge on any atom is 0.418 e. The van der Waals surface area contributed by atoms with Gasteiger partial charge in [0.2, 0.25) is 0 Å². The number of ether oxygens (including phenoxy) is 1. The Hall–Kier alpha value is -5.00. The van der Waals surface area contributed by atoms with Crippen molar-refractivity contribution in [3.8, 4) is 11.1 Å². The van der Waals surface area contributed by atoms with Crippen molar-refractivity contribution in [1.82, 2.24) is 19.3 Å². The number of aliphatic carboxylic acids is 1. The van der Waals surface area contributed by atoms with E-state index in [0.29, 0.717) is 23.2 Å². The van der Waals surface area contributed by atoms with Gasteiger partial charge in [-0.15, -0.1) is 0 Å². The number of pyridine rings is 2. The van der Waals surface area contributed by atoms with Gasteiger partial charge < -0.3 is 29.0 Å². The van der Waals surface area contributed by atoms with E-state index in [9.17, 15) is 45.8 Å². The molecule has 18 heteroatoms. The van der Waals surface area contributed by atoms with Gasteiger partial charge >= 0.3 is 18.3 Å². The highest BCUT2D eigenvalue weighted by Gasteiger charge is 2.46. The number of fused-ring (bicyclic) bond motifs is 1. The Balaban J connectivity index is 1.45. The molecule has 1 amide bonds. The van der Waals surface area contributed by atoms with Gasteiger partial charge in [0.1, 0.15) is 34.9 Å². The second kappa shape index (κ2) is 12.6. The predicted octanol–water partition coefficient (Wildman–Crippen LogP) is 4.50. The molecule has 0 unspecified atom stereocenters. The summed E-state index contributed by atoms with van der Waals surface area (Å²) < 4.78 is 119. The average molecular weight is 688 g/mol. The molecule has 1 aliphatic heterocycles. The van der Waals surface area contributed by atoms with Crippen molar-refractivity contribution in [2.24, 2.45) is 7.05 Å². The van der Waals surface area contributed by atoms with E-state index >= 15 is 8.78 Å². The molecule has 0 saturated carbocycles. The topological polar surface area (TPSA) is 118 Å². The smallest absolute Gasteiger partial charge is 0.418 e. The number of rotatable bonds is 7. The van der Waals surface area contributed by atoms with Crippen molar-refractivity contribution < 1.29 is 54.6 Å². The Labute approximate surface area is 265 Å². The molecule has 0 bridgehead atoms. The number of alkyl halides is 6. The normalized spacial score (nSPS) is 16.3. The van der Waals surface area contributed by atoms with Crippen LogP contribution in [0.2, 0.25) is 0 Å². The number of aryl methyl sites for hydroxylation is 1. The first-order chi connectivity index (χ1) is 22.4. The number of anilines is 1. The Morgan fingerprint density at radius 1 is 1.12 bits per heavy atom. The van der Waals surface area contributed by atoms with Gasteiger partial charge in [-0.3, -0.25) is 9.59 Å². The van der Waals surface area contributed by atoms with Gasteiger partial charge in [-0.1, -0.05) is 0 Å². The van der Waals surface area contributed by atoms with E-state index in [2.05, 4.69) is 4.98 Å². The van der Waals surface area contributed by atoms with E-state index < -0.39 is 83.3 Å². The van der Waals surface area contributed by atoms with Crippen LogP contribution in [0.1, 0.15) is 27.2 Å². The fraction of sp³-hybridized carbons (Fsp3) is 0.333. The number of nitrogens with zero attached hydrogens (tertiary/aromatic N) is 4.